The number of nitrogens with one attached hydrogen (secondary N) is 1. The van der Waals surface area contributed by atoms with Gasteiger partial charge in [-0.2, -0.15) is 0 Å². The van der Waals surface area contributed by atoms with E-state index in [0.717, 1.165) is 12.2 Å². The molecule has 3 rings (SSSR count). The van der Waals surface area contributed by atoms with Crippen molar-refractivity contribution >= 4 is 17.5 Å². The maximum Gasteiger partial charge on any atom is 0.227 e. The molecular weight excluding hydrogens is 306 g/mol. The van der Waals surface area contributed by atoms with Crippen molar-refractivity contribution in [3.63, 3.8) is 0 Å². The fourth-order valence-electron chi connectivity index (χ4n) is 3.17. The lowest BCUT2D eigenvalue weighted by Gasteiger charge is -2.20. The highest BCUT2D eigenvalue weighted by atomic mass is 16.5. The molecule has 2 fully saturated rings. The van der Waals surface area contributed by atoms with Crippen molar-refractivity contribution in [2.24, 2.45) is 5.92 Å². The molecular formula is C18H25N3O3. The summed E-state index contributed by atoms with van der Waals surface area (Å²) in [7, 11) is 3.67. The number of amides is 2. The summed E-state index contributed by atoms with van der Waals surface area (Å²) in [5.74, 6) is 0.284. The number of anilines is 1. The number of rotatable bonds is 7. The van der Waals surface area contributed by atoms with Gasteiger partial charge in [-0.3, -0.25) is 9.59 Å². The summed E-state index contributed by atoms with van der Waals surface area (Å²) in [4.78, 5) is 28.6. The molecule has 1 N–H and O–H groups in total. The Morgan fingerprint density at radius 3 is 2.83 bits per heavy atom. The molecule has 1 aromatic rings. The molecule has 0 unspecified atom stereocenters. The third-order valence-corrected chi connectivity index (χ3v) is 4.81. The maximum absolute atomic E-state index is 12.3. The van der Waals surface area contributed by atoms with Crippen molar-refractivity contribution < 1.29 is 14.3 Å². The van der Waals surface area contributed by atoms with Gasteiger partial charge in [-0.05, 0) is 32.0 Å². The molecule has 0 bridgehead atoms. The van der Waals surface area contributed by atoms with E-state index in [1.807, 2.05) is 24.3 Å². The Balaban J connectivity index is 1.54. The quantitative estimate of drug-likeness (QED) is 0.817. The maximum atomic E-state index is 12.3. The number of para-hydroxylation sites is 2. The molecule has 1 saturated heterocycles. The molecule has 1 atom stereocenters. The predicted molar refractivity (Wildman–Crippen MR) is 92.1 cm³/mol. The number of hydrogen-bond acceptors (Lipinski definition) is 4. The largest absolute Gasteiger partial charge is 0.495 e. The number of carbonyl (C=O) groups excluding carboxylic acids is 2. The number of nitrogens with zero attached hydrogens (tertiary/aromatic N) is 2. The van der Waals surface area contributed by atoms with Gasteiger partial charge in [0.15, 0.2) is 0 Å². The third kappa shape index (κ3) is 3.70. The Labute approximate surface area is 142 Å². The van der Waals surface area contributed by atoms with Gasteiger partial charge in [-0.25, -0.2) is 0 Å². The van der Waals surface area contributed by atoms with Gasteiger partial charge in [0, 0.05) is 32.1 Å². The average Bonchev–Trinajstić information content (AvgIpc) is 3.37. The highest BCUT2D eigenvalue weighted by Crippen LogP contribution is 2.32. The Morgan fingerprint density at radius 1 is 1.38 bits per heavy atom. The summed E-state index contributed by atoms with van der Waals surface area (Å²) < 4.78 is 5.32. The Hall–Kier alpha value is -2.08. The second-order valence-electron chi connectivity index (χ2n) is 6.58. The lowest BCUT2D eigenvalue weighted by atomic mass is 10.1. The van der Waals surface area contributed by atoms with Crippen molar-refractivity contribution in [2.45, 2.75) is 25.3 Å². The summed E-state index contributed by atoms with van der Waals surface area (Å²) in [6.45, 7) is 1.89. The number of likely N-dealkylation sites (N-methyl/N-ethyl adjacent to an activating group) is 1. The highest BCUT2D eigenvalue weighted by molar-refractivity contribution is 6.01. The lowest BCUT2D eigenvalue weighted by molar-refractivity contribution is -0.126. The second kappa shape index (κ2) is 7.21. The predicted octanol–water partition coefficient (Wildman–Crippen LogP) is 1.26. The molecule has 0 spiro atoms. The molecule has 1 aromatic carbocycles. The van der Waals surface area contributed by atoms with Crippen LogP contribution in [0.2, 0.25) is 0 Å². The molecule has 6 heteroatoms. The Morgan fingerprint density at radius 2 is 2.12 bits per heavy atom. The van der Waals surface area contributed by atoms with E-state index in [0.29, 0.717) is 24.9 Å². The van der Waals surface area contributed by atoms with E-state index in [2.05, 4.69) is 17.3 Å². The molecule has 1 aliphatic carbocycles. The van der Waals surface area contributed by atoms with Crippen molar-refractivity contribution in [3.8, 4) is 5.75 Å². The summed E-state index contributed by atoms with van der Waals surface area (Å²) in [5, 5.41) is 2.97. The molecule has 6 nitrogen and oxygen atoms in total. The fourth-order valence-corrected chi connectivity index (χ4v) is 3.17. The molecule has 1 saturated carbocycles. The molecule has 1 heterocycles. The van der Waals surface area contributed by atoms with E-state index in [-0.39, 0.29) is 24.2 Å². The van der Waals surface area contributed by atoms with Crippen molar-refractivity contribution in [2.75, 3.05) is 38.7 Å². The minimum atomic E-state index is -0.298. The average molecular weight is 331 g/mol. The lowest BCUT2D eigenvalue weighted by Crippen LogP contribution is -2.38. The van der Waals surface area contributed by atoms with E-state index >= 15 is 0 Å². The van der Waals surface area contributed by atoms with Crippen LogP contribution in [0, 0.1) is 5.92 Å². The van der Waals surface area contributed by atoms with Gasteiger partial charge < -0.3 is 19.9 Å². The zero-order chi connectivity index (χ0) is 17.1. The van der Waals surface area contributed by atoms with Crippen LogP contribution in [-0.2, 0) is 9.59 Å². The first-order chi connectivity index (χ1) is 11.6. The second-order valence-corrected chi connectivity index (χ2v) is 6.58. The fraction of sp³-hybridized carbons (Fsp3) is 0.556. The van der Waals surface area contributed by atoms with Crippen LogP contribution in [-0.4, -0.2) is 56.5 Å². The van der Waals surface area contributed by atoms with Crippen LogP contribution >= 0.6 is 0 Å². The van der Waals surface area contributed by atoms with Crippen molar-refractivity contribution in [1.29, 1.82) is 0 Å². The SMILES string of the molecule is COc1ccccc1N1C[C@@H](C(=O)NCCN(C)C2CC2)CC1=O. The summed E-state index contributed by atoms with van der Waals surface area (Å²) in [6, 6.07) is 8.09. The topological polar surface area (TPSA) is 61.9 Å². The molecule has 2 amide bonds. The zero-order valence-electron chi connectivity index (χ0n) is 14.3. The normalized spacial score (nSPS) is 20.5. The van der Waals surface area contributed by atoms with Crippen LogP contribution < -0.4 is 15.0 Å². The molecule has 24 heavy (non-hydrogen) atoms. The molecule has 1 aliphatic heterocycles. The zero-order valence-corrected chi connectivity index (χ0v) is 14.3. The first kappa shape index (κ1) is 16.8. The van der Waals surface area contributed by atoms with Crippen LogP contribution in [0.25, 0.3) is 0 Å². The van der Waals surface area contributed by atoms with E-state index in [1.54, 1.807) is 12.0 Å². The van der Waals surface area contributed by atoms with Crippen molar-refractivity contribution in [3.05, 3.63) is 24.3 Å². The van der Waals surface area contributed by atoms with Crippen LogP contribution in [0.1, 0.15) is 19.3 Å². The first-order valence-electron chi connectivity index (χ1n) is 8.51. The van der Waals surface area contributed by atoms with E-state index in [1.165, 1.54) is 12.8 Å². The number of methoxy groups -OCH3 is 1. The van der Waals surface area contributed by atoms with Crippen LogP contribution in [0.4, 0.5) is 5.69 Å². The molecule has 0 aromatic heterocycles. The smallest absolute Gasteiger partial charge is 0.227 e. The number of hydrogen-bond donors (Lipinski definition) is 1. The summed E-state index contributed by atoms with van der Waals surface area (Å²) >= 11 is 0. The summed E-state index contributed by atoms with van der Waals surface area (Å²) in [6.07, 6.45) is 2.77. The first-order valence-corrected chi connectivity index (χ1v) is 8.51. The van der Waals surface area contributed by atoms with Crippen LogP contribution in [0.15, 0.2) is 24.3 Å². The van der Waals surface area contributed by atoms with E-state index in [4.69, 9.17) is 4.74 Å². The minimum Gasteiger partial charge on any atom is -0.495 e. The number of benzene rings is 1. The summed E-state index contributed by atoms with van der Waals surface area (Å²) in [5.41, 5.74) is 0.730. The Bertz CT molecular complexity index is 615. The van der Waals surface area contributed by atoms with E-state index in [9.17, 15) is 9.59 Å². The minimum absolute atomic E-state index is 0.0326. The number of carbonyl (C=O) groups is 2. The standard InChI is InChI=1S/C18H25N3O3/c1-20(14-7-8-14)10-9-19-18(23)13-11-17(22)21(12-13)15-5-3-4-6-16(15)24-2/h3-6,13-14H,7-12H2,1-2H3,(H,19,23)/t13-/m0/s1. The van der Waals surface area contributed by atoms with Gasteiger partial charge >= 0.3 is 0 Å². The molecule has 130 valence electrons. The molecule has 0 radical (unpaired) electrons. The Kier molecular flexibility index (Phi) is 5.04. The van der Waals surface area contributed by atoms with Gasteiger partial charge in [0.2, 0.25) is 11.8 Å². The van der Waals surface area contributed by atoms with Gasteiger partial charge in [0.1, 0.15) is 5.75 Å². The van der Waals surface area contributed by atoms with Crippen LogP contribution in [0.5, 0.6) is 5.75 Å². The van der Waals surface area contributed by atoms with Gasteiger partial charge in [0.25, 0.3) is 0 Å². The highest BCUT2D eigenvalue weighted by Gasteiger charge is 2.36. The van der Waals surface area contributed by atoms with Crippen LogP contribution in [0.3, 0.4) is 0 Å². The monoisotopic (exact) mass is 331 g/mol. The third-order valence-electron chi connectivity index (χ3n) is 4.81. The van der Waals surface area contributed by atoms with Crippen molar-refractivity contribution in [1.82, 2.24) is 10.2 Å². The number of ether oxygens (including phenoxy) is 1. The van der Waals surface area contributed by atoms with Gasteiger partial charge in [0.05, 0.1) is 18.7 Å². The van der Waals surface area contributed by atoms with Gasteiger partial charge in [-0.1, -0.05) is 12.1 Å². The molecule has 2 aliphatic rings. The van der Waals surface area contributed by atoms with Gasteiger partial charge in [-0.15, -0.1) is 0 Å². The van der Waals surface area contributed by atoms with E-state index < -0.39 is 0 Å².